The fraction of sp³-hybridized carbons (Fsp3) is 0.125. The third-order valence-corrected chi connectivity index (χ3v) is 3.41. The fourth-order valence-electron chi connectivity index (χ4n) is 2.12. The zero-order valence-electron chi connectivity index (χ0n) is 12.7. The summed E-state index contributed by atoms with van der Waals surface area (Å²) in [5, 5.41) is 3.21. The average Bonchev–Trinajstić information content (AvgIpc) is 2.67. The van der Waals surface area contributed by atoms with Gasteiger partial charge in [0.25, 0.3) is 5.91 Å². The SMILES string of the molecule is O=C(N/N=C\c1c(F)c(F)c(F)c(F)c1F)[C@@H]1COc2ccccc2O1. The standard InChI is InChI=1S/C16H9F5N2O3/c17-11-7(12(18)14(20)15(21)13(11)19)5-22-23-16(24)10-6-25-8-3-1-2-4-9(8)26-10/h1-5,10H,6H2,(H,23,24)/b22-5-/t10-/m0/s1. The maximum absolute atomic E-state index is 13.5. The van der Waals surface area contributed by atoms with E-state index in [0.717, 1.165) is 0 Å². The Morgan fingerprint density at radius 3 is 2.23 bits per heavy atom. The van der Waals surface area contributed by atoms with E-state index in [1.807, 2.05) is 5.43 Å². The van der Waals surface area contributed by atoms with Gasteiger partial charge < -0.3 is 9.47 Å². The van der Waals surface area contributed by atoms with Crippen molar-refractivity contribution < 1.29 is 36.2 Å². The molecule has 0 fully saturated rings. The van der Waals surface area contributed by atoms with Crippen molar-refractivity contribution in [2.45, 2.75) is 6.10 Å². The molecule has 26 heavy (non-hydrogen) atoms. The molecule has 0 spiro atoms. The van der Waals surface area contributed by atoms with Gasteiger partial charge in [0.05, 0.1) is 11.8 Å². The normalized spacial score (nSPS) is 16.0. The van der Waals surface area contributed by atoms with E-state index in [-0.39, 0.29) is 6.61 Å². The summed E-state index contributed by atoms with van der Waals surface area (Å²) in [4.78, 5) is 11.9. The smallest absolute Gasteiger partial charge is 0.284 e. The molecular formula is C16H9F5N2O3. The number of halogens is 5. The number of hydrazone groups is 1. The number of nitrogens with zero attached hydrogens (tertiary/aromatic N) is 1. The molecule has 0 aliphatic carbocycles. The van der Waals surface area contributed by atoms with Crippen molar-refractivity contribution in [1.29, 1.82) is 0 Å². The minimum absolute atomic E-state index is 0.152. The highest BCUT2D eigenvalue weighted by Crippen LogP contribution is 2.30. The molecule has 0 saturated carbocycles. The van der Waals surface area contributed by atoms with E-state index in [0.29, 0.717) is 17.7 Å². The Kier molecular flexibility index (Phi) is 4.74. The number of para-hydroxylation sites is 2. The first-order valence-corrected chi connectivity index (χ1v) is 7.13. The number of nitrogens with one attached hydrogen (secondary N) is 1. The van der Waals surface area contributed by atoms with E-state index in [2.05, 4.69) is 5.10 Å². The number of amides is 1. The van der Waals surface area contributed by atoms with Crippen LogP contribution in [0.2, 0.25) is 0 Å². The molecule has 1 aliphatic heterocycles. The van der Waals surface area contributed by atoms with Crippen molar-refractivity contribution >= 4 is 12.1 Å². The molecule has 0 saturated heterocycles. The zero-order valence-corrected chi connectivity index (χ0v) is 12.7. The van der Waals surface area contributed by atoms with Crippen molar-refractivity contribution in [2.75, 3.05) is 6.61 Å². The summed E-state index contributed by atoms with van der Waals surface area (Å²) in [7, 11) is 0. The molecule has 0 bridgehead atoms. The molecule has 1 N–H and O–H groups in total. The van der Waals surface area contributed by atoms with Crippen LogP contribution in [-0.2, 0) is 4.79 Å². The van der Waals surface area contributed by atoms with Gasteiger partial charge in [0, 0.05) is 0 Å². The monoisotopic (exact) mass is 372 g/mol. The Hall–Kier alpha value is -3.17. The molecule has 5 nitrogen and oxygen atoms in total. The van der Waals surface area contributed by atoms with Crippen molar-refractivity contribution in [3.8, 4) is 11.5 Å². The summed E-state index contributed by atoms with van der Waals surface area (Å²) >= 11 is 0. The van der Waals surface area contributed by atoms with E-state index in [9.17, 15) is 26.7 Å². The van der Waals surface area contributed by atoms with Gasteiger partial charge in [0.2, 0.25) is 11.9 Å². The molecule has 0 aromatic heterocycles. The van der Waals surface area contributed by atoms with Crippen LogP contribution in [0.5, 0.6) is 11.5 Å². The molecule has 1 amide bonds. The summed E-state index contributed by atoms with van der Waals surface area (Å²) in [5.74, 6) is -10.7. The summed E-state index contributed by atoms with van der Waals surface area (Å²) < 4.78 is 76.7. The van der Waals surface area contributed by atoms with Crippen molar-refractivity contribution in [1.82, 2.24) is 5.43 Å². The lowest BCUT2D eigenvalue weighted by molar-refractivity contribution is -0.130. The summed E-state index contributed by atoms with van der Waals surface area (Å²) in [6, 6.07) is 6.55. The second-order valence-electron chi connectivity index (χ2n) is 5.08. The van der Waals surface area contributed by atoms with Gasteiger partial charge in [-0.1, -0.05) is 12.1 Å². The number of hydrogen-bond acceptors (Lipinski definition) is 4. The fourth-order valence-corrected chi connectivity index (χ4v) is 2.12. The van der Waals surface area contributed by atoms with Crippen LogP contribution in [0.3, 0.4) is 0 Å². The van der Waals surface area contributed by atoms with Crippen LogP contribution in [0.15, 0.2) is 29.4 Å². The topological polar surface area (TPSA) is 59.9 Å². The summed E-state index contributed by atoms with van der Waals surface area (Å²) in [6.45, 7) is -0.152. The van der Waals surface area contributed by atoms with Crippen LogP contribution < -0.4 is 14.9 Å². The predicted molar refractivity (Wildman–Crippen MR) is 78.3 cm³/mol. The predicted octanol–water partition coefficient (Wildman–Crippen LogP) is 2.67. The maximum atomic E-state index is 13.5. The largest absolute Gasteiger partial charge is 0.485 e. The third kappa shape index (κ3) is 3.17. The van der Waals surface area contributed by atoms with E-state index < -0.39 is 46.7 Å². The minimum Gasteiger partial charge on any atom is -0.485 e. The Balaban J connectivity index is 1.71. The molecule has 3 rings (SSSR count). The number of carbonyl (C=O) groups excluding carboxylic acids is 1. The van der Waals surface area contributed by atoms with E-state index in [1.54, 1.807) is 24.3 Å². The van der Waals surface area contributed by atoms with Crippen molar-refractivity contribution in [3.63, 3.8) is 0 Å². The van der Waals surface area contributed by atoms with Crippen LogP contribution in [0.25, 0.3) is 0 Å². The van der Waals surface area contributed by atoms with Gasteiger partial charge in [-0.15, -0.1) is 0 Å². The average molecular weight is 372 g/mol. The Morgan fingerprint density at radius 2 is 1.58 bits per heavy atom. The molecule has 0 radical (unpaired) electrons. The summed E-state index contributed by atoms with van der Waals surface area (Å²) in [5.41, 5.74) is 0.609. The lowest BCUT2D eigenvalue weighted by atomic mass is 10.2. The number of carbonyl (C=O) groups is 1. The number of fused-ring (bicyclic) bond motifs is 1. The Labute approximate surface area is 143 Å². The lowest BCUT2D eigenvalue weighted by Crippen LogP contribution is -2.42. The molecule has 1 atom stereocenters. The molecule has 0 unspecified atom stereocenters. The first kappa shape index (κ1) is 17.6. The second kappa shape index (κ2) is 6.98. The quantitative estimate of drug-likeness (QED) is 0.296. The van der Waals surface area contributed by atoms with Crippen LogP contribution >= 0.6 is 0 Å². The van der Waals surface area contributed by atoms with Crippen LogP contribution in [-0.4, -0.2) is 24.8 Å². The van der Waals surface area contributed by atoms with Gasteiger partial charge in [-0.05, 0) is 12.1 Å². The Bertz CT molecular complexity index is 875. The molecule has 10 heteroatoms. The third-order valence-electron chi connectivity index (χ3n) is 3.41. The first-order chi connectivity index (χ1) is 12.4. The van der Waals surface area contributed by atoms with Gasteiger partial charge >= 0.3 is 0 Å². The van der Waals surface area contributed by atoms with Gasteiger partial charge in [-0.2, -0.15) is 5.10 Å². The molecule has 1 aliphatic rings. The van der Waals surface area contributed by atoms with E-state index >= 15 is 0 Å². The minimum atomic E-state index is -2.28. The molecule has 1 heterocycles. The molecule has 136 valence electrons. The van der Waals surface area contributed by atoms with Gasteiger partial charge in [0.1, 0.15) is 6.61 Å². The van der Waals surface area contributed by atoms with Crippen LogP contribution in [0.4, 0.5) is 22.0 Å². The van der Waals surface area contributed by atoms with Crippen molar-refractivity contribution in [2.24, 2.45) is 5.10 Å². The number of hydrogen-bond donors (Lipinski definition) is 1. The van der Waals surface area contributed by atoms with Crippen LogP contribution in [0.1, 0.15) is 5.56 Å². The van der Waals surface area contributed by atoms with Gasteiger partial charge in [-0.3, -0.25) is 4.79 Å². The number of rotatable bonds is 3. The highest BCUT2D eigenvalue weighted by atomic mass is 19.2. The van der Waals surface area contributed by atoms with Gasteiger partial charge in [-0.25, -0.2) is 27.4 Å². The second-order valence-corrected chi connectivity index (χ2v) is 5.08. The highest BCUT2D eigenvalue weighted by molar-refractivity contribution is 5.85. The maximum Gasteiger partial charge on any atom is 0.284 e. The summed E-state index contributed by atoms with van der Waals surface area (Å²) in [6.07, 6.45) is -0.801. The molecule has 2 aromatic carbocycles. The molecular weight excluding hydrogens is 363 g/mol. The van der Waals surface area contributed by atoms with Gasteiger partial charge in [0.15, 0.2) is 34.8 Å². The van der Waals surface area contributed by atoms with E-state index in [4.69, 9.17) is 9.47 Å². The first-order valence-electron chi connectivity index (χ1n) is 7.13. The number of benzene rings is 2. The lowest BCUT2D eigenvalue weighted by Gasteiger charge is -2.24. The zero-order chi connectivity index (χ0) is 18.8. The van der Waals surface area contributed by atoms with E-state index in [1.165, 1.54) is 0 Å². The Morgan fingerprint density at radius 1 is 1.00 bits per heavy atom. The molecule has 2 aromatic rings. The van der Waals surface area contributed by atoms with Crippen LogP contribution in [0, 0.1) is 29.1 Å². The van der Waals surface area contributed by atoms with Crippen molar-refractivity contribution in [3.05, 3.63) is 58.9 Å². The highest BCUT2D eigenvalue weighted by Gasteiger charge is 2.28. The number of ether oxygens (including phenoxy) is 2.